The Labute approximate surface area is 133 Å². The van der Waals surface area contributed by atoms with E-state index in [9.17, 15) is 4.79 Å². The topological polar surface area (TPSA) is 51.2 Å². The molecule has 2 aliphatic rings. The smallest absolute Gasteiger partial charge is 0.263 e. The number of hydrogen-bond acceptors (Lipinski definition) is 4. The fourth-order valence-corrected chi connectivity index (χ4v) is 4.08. The van der Waals surface area contributed by atoms with E-state index in [4.69, 9.17) is 4.74 Å². The molecule has 114 valence electrons. The maximum Gasteiger partial charge on any atom is 0.263 e. The largest absolute Gasteiger partial charge is 0.371 e. The van der Waals surface area contributed by atoms with Crippen LogP contribution in [0.5, 0.6) is 0 Å². The molecule has 0 bridgehead atoms. The van der Waals surface area contributed by atoms with Crippen molar-refractivity contribution in [2.24, 2.45) is 0 Å². The molecule has 1 N–H and O–H groups in total. The zero-order chi connectivity index (χ0) is 14.9. The van der Waals surface area contributed by atoms with Gasteiger partial charge in [0, 0.05) is 19.1 Å². The molecule has 1 fully saturated rings. The fourth-order valence-electron chi connectivity index (χ4n) is 3.16. The lowest BCUT2D eigenvalue weighted by molar-refractivity contribution is 0.0954. The normalized spacial score (nSPS) is 22.9. The molecule has 0 unspecified atom stereocenters. The van der Waals surface area contributed by atoms with Crippen molar-refractivity contribution in [1.82, 2.24) is 10.3 Å². The second-order valence-electron chi connectivity index (χ2n) is 5.87. The number of thiazole rings is 1. The first kappa shape index (κ1) is 13.9. The Kier molecular flexibility index (Phi) is 3.68. The molecule has 1 aromatic carbocycles. The van der Waals surface area contributed by atoms with Gasteiger partial charge in [-0.2, -0.15) is 0 Å². The minimum atomic E-state index is -0.0221. The molecule has 1 aliphatic heterocycles. The molecule has 5 heteroatoms. The number of ether oxygens (including phenoxy) is 1. The number of hydrogen-bond donors (Lipinski definition) is 1. The number of nitrogens with zero attached hydrogens (tertiary/aromatic N) is 1. The van der Waals surface area contributed by atoms with Crippen LogP contribution < -0.4 is 5.32 Å². The van der Waals surface area contributed by atoms with Crippen LogP contribution in [0.25, 0.3) is 0 Å². The van der Waals surface area contributed by atoms with Gasteiger partial charge in [0.25, 0.3) is 5.91 Å². The average Bonchev–Trinajstić information content (AvgIpc) is 3.19. The van der Waals surface area contributed by atoms with Gasteiger partial charge in [0.15, 0.2) is 0 Å². The number of fused-ring (bicyclic) bond motifs is 1. The molecule has 0 radical (unpaired) electrons. The first-order valence-electron chi connectivity index (χ1n) is 7.74. The van der Waals surface area contributed by atoms with Crippen molar-refractivity contribution in [3.8, 4) is 0 Å². The summed E-state index contributed by atoms with van der Waals surface area (Å²) < 4.78 is 5.61. The van der Waals surface area contributed by atoms with Gasteiger partial charge in [0.2, 0.25) is 0 Å². The van der Waals surface area contributed by atoms with Gasteiger partial charge in [-0.1, -0.05) is 24.3 Å². The summed E-state index contributed by atoms with van der Waals surface area (Å²) in [4.78, 5) is 17.3. The zero-order valence-electron chi connectivity index (χ0n) is 12.2. The predicted molar refractivity (Wildman–Crippen MR) is 85.3 cm³/mol. The molecule has 2 atom stereocenters. The van der Waals surface area contributed by atoms with E-state index in [1.165, 1.54) is 22.5 Å². The Hall–Kier alpha value is -1.72. The van der Waals surface area contributed by atoms with E-state index in [1.807, 2.05) is 0 Å². The fraction of sp³-hybridized carbons (Fsp3) is 0.412. The molecule has 0 saturated carbocycles. The lowest BCUT2D eigenvalue weighted by atomic mass is 9.77. The summed E-state index contributed by atoms with van der Waals surface area (Å²) >= 11 is 1.45. The molecule has 22 heavy (non-hydrogen) atoms. The number of nitrogens with one attached hydrogen (secondary N) is 1. The van der Waals surface area contributed by atoms with Crippen LogP contribution in [0.15, 0.2) is 30.5 Å². The van der Waals surface area contributed by atoms with Crippen LogP contribution in [0.1, 0.15) is 50.7 Å². The van der Waals surface area contributed by atoms with Gasteiger partial charge in [0.05, 0.1) is 6.20 Å². The summed E-state index contributed by atoms with van der Waals surface area (Å²) in [6.07, 6.45) is 4.90. The van der Waals surface area contributed by atoms with E-state index in [-0.39, 0.29) is 12.0 Å². The third kappa shape index (κ3) is 2.55. The van der Waals surface area contributed by atoms with Crippen LogP contribution in [0.3, 0.4) is 0 Å². The summed E-state index contributed by atoms with van der Waals surface area (Å²) in [5, 5.41) is 3.96. The molecular weight excluding hydrogens is 296 g/mol. The molecular formula is C17H18N2O2S. The molecule has 1 aromatic heterocycles. The highest BCUT2D eigenvalue weighted by atomic mass is 32.1. The van der Waals surface area contributed by atoms with Gasteiger partial charge in [0.1, 0.15) is 16.0 Å². The van der Waals surface area contributed by atoms with Gasteiger partial charge in [-0.3, -0.25) is 4.79 Å². The van der Waals surface area contributed by atoms with Crippen molar-refractivity contribution >= 4 is 17.2 Å². The lowest BCUT2D eigenvalue weighted by Gasteiger charge is -2.30. The van der Waals surface area contributed by atoms with Gasteiger partial charge in [-0.05, 0) is 30.4 Å². The number of rotatable bonds is 4. The van der Waals surface area contributed by atoms with Crippen LogP contribution in [0.4, 0.5) is 0 Å². The van der Waals surface area contributed by atoms with Crippen LogP contribution in [-0.4, -0.2) is 24.0 Å². The third-order valence-corrected chi connectivity index (χ3v) is 5.51. The average molecular weight is 314 g/mol. The van der Waals surface area contributed by atoms with E-state index in [2.05, 4.69) is 34.6 Å². The molecule has 1 amide bonds. The molecule has 4 nitrogen and oxygen atoms in total. The molecule has 2 heterocycles. The van der Waals surface area contributed by atoms with E-state index >= 15 is 0 Å². The lowest BCUT2D eigenvalue weighted by Crippen LogP contribution is -2.32. The summed E-state index contributed by atoms with van der Waals surface area (Å²) in [5.41, 5.74) is 2.77. The number of amides is 1. The van der Waals surface area contributed by atoms with Gasteiger partial charge in [-0.15, -0.1) is 11.3 Å². The monoisotopic (exact) mass is 314 g/mol. The van der Waals surface area contributed by atoms with E-state index in [1.54, 1.807) is 6.20 Å². The summed E-state index contributed by atoms with van der Waals surface area (Å²) in [6.45, 7) is 1.50. The highest BCUT2D eigenvalue weighted by molar-refractivity contribution is 7.13. The number of carbonyl (C=O) groups is 1. The Bertz CT molecular complexity index is 691. The van der Waals surface area contributed by atoms with Crippen LogP contribution in [0, 0.1) is 0 Å². The van der Waals surface area contributed by atoms with Crippen molar-refractivity contribution in [3.63, 3.8) is 0 Å². The van der Waals surface area contributed by atoms with Crippen LogP contribution in [-0.2, 0) is 11.2 Å². The Balaban J connectivity index is 1.35. The Morgan fingerprint density at radius 3 is 3.14 bits per heavy atom. The minimum absolute atomic E-state index is 0.0221. The highest BCUT2D eigenvalue weighted by Crippen LogP contribution is 2.34. The van der Waals surface area contributed by atoms with E-state index in [0.29, 0.717) is 17.3 Å². The van der Waals surface area contributed by atoms with Gasteiger partial charge in [-0.25, -0.2) is 4.98 Å². The number of aromatic nitrogens is 1. The molecule has 0 spiro atoms. The van der Waals surface area contributed by atoms with Crippen LogP contribution in [0.2, 0.25) is 0 Å². The first-order valence-corrected chi connectivity index (χ1v) is 8.56. The Morgan fingerprint density at radius 2 is 2.32 bits per heavy atom. The summed E-state index contributed by atoms with van der Waals surface area (Å²) in [6, 6.07) is 8.43. The second kappa shape index (κ2) is 5.82. The van der Waals surface area contributed by atoms with Crippen molar-refractivity contribution in [2.75, 3.05) is 13.2 Å². The Morgan fingerprint density at radius 1 is 1.41 bits per heavy atom. The quantitative estimate of drug-likeness (QED) is 0.943. The summed E-state index contributed by atoms with van der Waals surface area (Å²) in [5.74, 6) is 0.428. The minimum Gasteiger partial charge on any atom is -0.371 e. The SMILES string of the molecule is O=C(NC[C@H]1Cc2ccccc21)c1cnc([C@@H]2CCCO2)s1. The third-order valence-electron chi connectivity index (χ3n) is 4.42. The van der Waals surface area contributed by atoms with Gasteiger partial charge >= 0.3 is 0 Å². The maximum absolute atomic E-state index is 12.2. The van der Waals surface area contributed by atoms with Crippen molar-refractivity contribution in [3.05, 3.63) is 51.5 Å². The van der Waals surface area contributed by atoms with Crippen molar-refractivity contribution < 1.29 is 9.53 Å². The molecule has 1 aliphatic carbocycles. The maximum atomic E-state index is 12.2. The van der Waals surface area contributed by atoms with Gasteiger partial charge < -0.3 is 10.1 Å². The first-order chi connectivity index (χ1) is 10.8. The highest BCUT2D eigenvalue weighted by Gasteiger charge is 2.26. The molecule has 2 aromatic rings. The second-order valence-corrected chi connectivity index (χ2v) is 6.94. The van der Waals surface area contributed by atoms with E-state index in [0.717, 1.165) is 30.9 Å². The van der Waals surface area contributed by atoms with Crippen molar-refractivity contribution in [1.29, 1.82) is 0 Å². The summed E-state index contributed by atoms with van der Waals surface area (Å²) in [7, 11) is 0. The molecule has 4 rings (SSSR count). The number of carbonyl (C=O) groups excluding carboxylic acids is 1. The standard InChI is InChI=1S/C17H18N2O2S/c20-16(15-10-19-17(22-15)14-6-3-7-21-14)18-9-12-8-11-4-1-2-5-13(11)12/h1-2,4-5,10,12,14H,3,6-9H2,(H,18,20)/t12-,14+/m1/s1. The van der Waals surface area contributed by atoms with Crippen molar-refractivity contribution in [2.45, 2.75) is 31.3 Å². The molecule has 1 saturated heterocycles. The number of benzene rings is 1. The van der Waals surface area contributed by atoms with E-state index < -0.39 is 0 Å². The van der Waals surface area contributed by atoms with Crippen LogP contribution >= 0.6 is 11.3 Å². The predicted octanol–water partition coefficient (Wildman–Crippen LogP) is 3.06. The zero-order valence-corrected chi connectivity index (χ0v) is 13.1.